The van der Waals surface area contributed by atoms with Crippen molar-refractivity contribution < 1.29 is 13.9 Å². The Labute approximate surface area is 213 Å². The number of nitrogens with zero attached hydrogens (tertiary/aromatic N) is 3. The average Bonchev–Trinajstić information content (AvgIpc) is 3.32. The quantitative estimate of drug-likeness (QED) is 0.314. The van der Waals surface area contributed by atoms with Gasteiger partial charge in [0.05, 0.1) is 33.3 Å². The Hall–Kier alpha value is -4.24. The van der Waals surface area contributed by atoms with Gasteiger partial charge in [0.15, 0.2) is 11.6 Å². The molecule has 0 aliphatic carbocycles. The first-order valence-corrected chi connectivity index (χ1v) is 12.2. The molecule has 1 N–H and O–H groups in total. The number of nitrogens with one attached hydrogen (secondary N) is 1. The van der Waals surface area contributed by atoms with E-state index >= 15 is 0 Å². The summed E-state index contributed by atoms with van der Waals surface area (Å²) in [6.45, 7) is 6.79. The summed E-state index contributed by atoms with van der Waals surface area (Å²) < 4.78 is 21.5. The van der Waals surface area contributed by atoms with Gasteiger partial charge in [-0.1, -0.05) is 25.7 Å². The number of thiophene rings is 1. The van der Waals surface area contributed by atoms with Crippen LogP contribution in [0.15, 0.2) is 60.8 Å². The number of carbonyl (C=O) groups is 1. The number of rotatable bonds is 7. The fourth-order valence-electron chi connectivity index (χ4n) is 3.42. The summed E-state index contributed by atoms with van der Waals surface area (Å²) in [4.78, 5) is 19.9. The van der Waals surface area contributed by atoms with Crippen molar-refractivity contribution in [1.29, 1.82) is 5.26 Å². The molecular weight excluding hydrogens is 475 g/mol. The molecule has 0 saturated carbocycles. The third-order valence-electron chi connectivity index (χ3n) is 5.47. The molecule has 2 aromatic heterocycles. The molecule has 1 amide bonds. The molecule has 0 atom stereocenters. The molecule has 0 spiro atoms. The van der Waals surface area contributed by atoms with E-state index in [4.69, 9.17) is 10.00 Å². The standard InChI is InChI=1S/C28H23FN4O2S/c1-3-33(4-2)15-5-6-22-17-24-27(36-22)26(13-14-31-24)35-25-12-11-21(16-23(25)29)32-28(34)20-9-7-19(18-30)8-10-20/h7-14,16-17H,3-4,15H2,1-2H3,(H,32,34). The molecule has 2 heterocycles. The second-order valence-electron chi connectivity index (χ2n) is 7.79. The molecule has 4 rings (SSSR count). The van der Waals surface area contributed by atoms with Crippen LogP contribution in [0, 0.1) is 29.0 Å². The summed E-state index contributed by atoms with van der Waals surface area (Å²) in [5.74, 6) is 5.86. The van der Waals surface area contributed by atoms with E-state index in [0.717, 1.165) is 28.2 Å². The zero-order valence-electron chi connectivity index (χ0n) is 19.8. The van der Waals surface area contributed by atoms with E-state index < -0.39 is 11.7 Å². The Morgan fingerprint density at radius 3 is 2.58 bits per heavy atom. The Morgan fingerprint density at radius 1 is 1.11 bits per heavy atom. The Morgan fingerprint density at radius 2 is 1.89 bits per heavy atom. The van der Waals surface area contributed by atoms with Crippen LogP contribution in [0.1, 0.15) is 34.6 Å². The summed E-state index contributed by atoms with van der Waals surface area (Å²) in [5, 5.41) is 11.5. The molecule has 4 aromatic rings. The van der Waals surface area contributed by atoms with Crippen molar-refractivity contribution in [2.45, 2.75) is 13.8 Å². The maximum atomic E-state index is 14.9. The van der Waals surface area contributed by atoms with Crippen LogP contribution in [-0.4, -0.2) is 35.4 Å². The summed E-state index contributed by atoms with van der Waals surface area (Å²) in [6, 6.07) is 16.0. The van der Waals surface area contributed by atoms with Gasteiger partial charge in [-0.05, 0) is 55.6 Å². The molecule has 0 bridgehead atoms. The lowest BCUT2D eigenvalue weighted by Crippen LogP contribution is -2.22. The molecule has 0 saturated heterocycles. The van der Waals surface area contributed by atoms with Crippen molar-refractivity contribution in [3.63, 3.8) is 0 Å². The molecule has 0 fully saturated rings. The second kappa shape index (κ2) is 11.5. The number of hydrogen-bond donors (Lipinski definition) is 1. The number of benzene rings is 2. The summed E-state index contributed by atoms with van der Waals surface area (Å²) in [5.41, 5.74) is 1.84. The zero-order valence-corrected chi connectivity index (χ0v) is 20.7. The van der Waals surface area contributed by atoms with Gasteiger partial charge in [-0.3, -0.25) is 14.7 Å². The fraction of sp³-hybridized carbons (Fsp3) is 0.179. The van der Waals surface area contributed by atoms with Crippen LogP contribution >= 0.6 is 11.3 Å². The van der Waals surface area contributed by atoms with Crippen molar-refractivity contribution in [3.8, 4) is 29.4 Å². The monoisotopic (exact) mass is 498 g/mol. The minimum Gasteiger partial charge on any atom is -0.453 e. The van der Waals surface area contributed by atoms with Crippen molar-refractivity contribution in [2.24, 2.45) is 0 Å². The van der Waals surface area contributed by atoms with Crippen LogP contribution < -0.4 is 10.1 Å². The topological polar surface area (TPSA) is 78.2 Å². The van der Waals surface area contributed by atoms with Crippen LogP contribution in [0.25, 0.3) is 10.2 Å². The molecular formula is C28H23FN4O2S. The van der Waals surface area contributed by atoms with E-state index in [1.165, 1.54) is 23.5 Å². The smallest absolute Gasteiger partial charge is 0.255 e. The van der Waals surface area contributed by atoms with Gasteiger partial charge in [0.2, 0.25) is 0 Å². The van der Waals surface area contributed by atoms with Crippen LogP contribution in [0.2, 0.25) is 0 Å². The van der Waals surface area contributed by atoms with Crippen LogP contribution in [0.3, 0.4) is 0 Å². The predicted octanol–water partition coefficient (Wildman–Crippen LogP) is 6.04. The maximum Gasteiger partial charge on any atom is 0.255 e. The first-order chi connectivity index (χ1) is 17.5. The number of halogens is 1. The highest BCUT2D eigenvalue weighted by Crippen LogP contribution is 2.36. The van der Waals surface area contributed by atoms with Gasteiger partial charge in [0.1, 0.15) is 5.75 Å². The first kappa shape index (κ1) is 24.9. The molecule has 0 radical (unpaired) electrons. The minimum absolute atomic E-state index is 0.0291. The molecule has 0 unspecified atom stereocenters. The van der Waals surface area contributed by atoms with E-state index in [1.54, 1.807) is 42.6 Å². The van der Waals surface area contributed by atoms with Gasteiger partial charge in [0, 0.05) is 29.6 Å². The van der Waals surface area contributed by atoms with Gasteiger partial charge in [-0.15, -0.1) is 11.3 Å². The fourth-order valence-corrected chi connectivity index (χ4v) is 4.36. The van der Waals surface area contributed by atoms with E-state index in [9.17, 15) is 9.18 Å². The number of nitriles is 1. The third kappa shape index (κ3) is 5.87. The molecule has 8 heteroatoms. The lowest BCUT2D eigenvalue weighted by molar-refractivity contribution is 0.102. The predicted molar refractivity (Wildman–Crippen MR) is 140 cm³/mol. The molecule has 2 aromatic carbocycles. The normalized spacial score (nSPS) is 10.5. The average molecular weight is 499 g/mol. The number of carbonyl (C=O) groups excluding carboxylic acids is 1. The number of ether oxygens (including phenoxy) is 1. The van der Waals surface area contributed by atoms with Crippen molar-refractivity contribution in [1.82, 2.24) is 9.88 Å². The number of amides is 1. The molecule has 0 aliphatic rings. The molecule has 6 nitrogen and oxygen atoms in total. The largest absolute Gasteiger partial charge is 0.453 e. The lowest BCUT2D eigenvalue weighted by Gasteiger charge is -2.12. The van der Waals surface area contributed by atoms with Gasteiger partial charge >= 0.3 is 0 Å². The Bertz CT molecular complexity index is 1490. The number of pyridine rings is 1. The van der Waals surface area contributed by atoms with Gasteiger partial charge in [-0.2, -0.15) is 5.26 Å². The third-order valence-corrected chi connectivity index (χ3v) is 6.52. The van der Waals surface area contributed by atoms with E-state index in [1.807, 2.05) is 12.1 Å². The van der Waals surface area contributed by atoms with Crippen LogP contribution in [0.5, 0.6) is 11.5 Å². The summed E-state index contributed by atoms with van der Waals surface area (Å²) in [6.07, 6.45) is 1.61. The number of aromatic nitrogens is 1. The van der Waals surface area contributed by atoms with E-state index in [2.05, 4.69) is 40.9 Å². The summed E-state index contributed by atoms with van der Waals surface area (Å²) >= 11 is 1.45. The molecule has 0 aliphatic heterocycles. The SMILES string of the molecule is CCN(CC)CC#Cc1cc2nccc(Oc3ccc(NC(=O)c4ccc(C#N)cc4)cc3F)c2s1. The van der Waals surface area contributed by atoms with Crippen molar-refractivity contribution >= 4 is 33.1 Å². The highest BCUT2D eigenvalue weighted by atomic mass is 32.1. The van der Waals surface area contributed by atoms with Gasteiger partial charge in [0.25, 0.3) is 5.91 Å². The zero-order chi connectivity index (χ0) is 25.5. The Kier molecular flexibility index (Phi) is 7.92. The number of fused-ring (bicyclic) bond motifs is 1. The molecule has 180 valence electrons. The van der Waals surface area contributed by atoms with Crippen molar-refractivity contribution in [2.75, 3.05) is 25.0 Å². The Balaban J connectivity index is 1.49. The van der Waals surface area contributed by atoms with Crippen molar-refractivity contribution in [3.05, 3.63) is 82.6 Å². The van der Waals surface area contributed by atoms with Crippen LogP contribution in [-0.2, 0) is 0 Å². The van der Waals surface area contributed by atoms with Gasteiger partial charge in [-0.25, -0.2) is 4.39 Å². The number of anilines is 1. The first-order valence-electron chi connectivity index (χ1n) is 11.4. The van der Waals surface area contributed by atoms with Crippen LogP contribution in [0.4, 0.5) is 10.1 Å². The second-order valence-corrected chi connectivity index (χ2v) is 8.84. The summed E-state index contributed by atoms with van der Waals surface area (Å²) in [7, 11) is 0. The minimum atomic E-state index is -0.617. The molecule has 36 heavy (non-hydrogen) atoms. The highest BCUT2D eigenvalue weighted by molar-refractivity contribution is 7.19. The number of hydrogen-bond acceptors (Lipinski definition) is 6. The lowest BCUT2D eigenvalue weighted by atomic mass is 10.1. The van der Waals surface area contributed by atoms with Gasteiger partial charge < -0.3 is 10.1 Å². The maximum absolute atomic E-state index is 14.9. The van der Waals surface area contributed by atoms with E-state index in [0.29, 0.717) is 23.4 Å². The van der Waals surface area contributed by atoms with E-state index in [-0.39, 0.29) is 11.4 Å². The highest BCUT2D eigenvalue weighted by Gasteiger charge is 2.13.